The van der Waals surface area contributed by atoms with Gasteiger partial charge in [0.1, 0.15) is 4.88 Å². The summed E-state index contributed by atoms with van der Waals surface area (Å²) in [6, 6.07) is 14.1. The molecule has 148 valence electrons. The standard InChI is InChI=1S/C20H16ClN3O3S2/c21-15-6-4-14(5-7-15)13-24-17-8-10-28-20(17)19(25)18(29(24,26)27)12-22-11-16-3-1-2-9-23-16/h1-10,12,22H,11,13H2. The first kappa shape index (κ1) is 19.6. The summed E-state index contributed by atoms with van der Waals surface area (Å²) in [6.07, 6.45) is 2.92. The second-order valence-corrected chi connectivity index (χ2v) is 9.50. The molecule has 0 fully saturated rings. The van der Waals surface area contributed by atoms with Crippen LogP contribution in [0.5, 0.6) is 0 Å². The Balaban J connectivity index is 1.67. The van der Waals surface area contributed by atoms with Crippen LogP contribution >= 0.6 is 22.9 Å². The number of hydrogen-bond donors (Lipinski definition) is 1. The van der Waals surface area contributed by atoms with Gasteiger partial charge in [-0.1, -0.05) is 29.8 Å². The Kier molecular flexibility index (Phi) is 5.40. The van der Waals surface area contributed by atoms with Crippen LogP contribution in [0.1, 0.15) is 20.9 Å². The van der Waals surface area contributed by atoms with E-state index in [-0.39, 0.29) is 11.4 Å². The Bertz CT molecular complexity index is 1170. The zero-order valence-corrected chi connectivity index (χ0v) is 17.5. The number of thiophene rings is 1. The molecule has 0 amide bonds. The third-order valence-electron chi connectivity index (χ3n) is 4.39. The molecule has 1 aromatic carbocycles. The molecule has 0 bridgehead atoms. The first-order valence-electron chi connectivity index (χ1n) is 8.69. The van der Waals surface area contributed by atoms with Gasteiger partial charge in [0, 0.05) is 17.4 Å². The fourth-order valence-corrected chi connectivity index (χ4v) is 5.60. The van der Waals surface area contributed by atoms with E-state index >= 15 is 0 Å². The Morgan fingerprint density at radius 2 is 1.93 bits per heavy atom. The normalized spacial score (nSPS) is 16.7. The number of nitrogens with zero attached hydrogens (tertiary/aromatic N) is 2. The number of benzene rings is 1. The van der Waals surface area contributed by atoms with Gasteiger partial charge in [-0.25, -0.2) is 8.42 Å². The van der Waals surface area contributed by atoms with E-state index < -0.39 is 15.8 Å². The summed E-state index contributed by atoms with van der Waals surface area (Å²) in [5.41, 5.74) is 1.90. The number of Topliss-reactive ketones (excluding diaryl/α,β-unsaturated/α-hetero) is 1. The summed E-state index contributed by atoms with van der Waals surface area (Å²) in [5.74, 6) is -0.504. The lowest BCUT2D eigenvalue weighted by Gasteiger charge is -2.29. The van der Waals surface area contributed by atoms with Crippen molar-refractivity contribution in [2.45, 2.75) is 13.1 Å². The van der Waals surface area contributed by atoms with Gasteiger partial charge < -0.3 is 5.32 Å². The van der Waals surface area contributed by atoms with Crippen molar-refractivity contribution in [3.63, 3.8) is 0 Å². The van der Waals surface area contributed by atoms with Crippen molar-refractivity contribution in [2.24, 2.45) is 0 Å². The van der Waals surface area contributed by atoms with Gasteiger partial charge in [0.2, 0.25) is 5.78 Å². The van der Waals surface area contributed by atoms with Crippen LogP contribution in [0, 0.1) is 0 Å². The van der Waals surface area contributed by atoms with E-state index in [9.17, 15) is 13.2 Å². The van der Waals surface area contributed by atoms with E-state index in [0.717, 1.165) is 11.3 Å². The molecule has 0 atom stereocenters. The summed E-state index contributed by atoms with van der Waals surface area (Å²) in [7, 11) is -4.02. The van der Waals surface area contributed by atoms with Crippen LogP contribution in [0.2, 0.25) is 5.02 Å². The lowest BCUT2D eigenvalue weighted by atomic mass is 10.2. The van der Waals surface area contributed by atoms with E-state index in [1.807, 2.05) is 12.1 Å². The van der Waals surface area contributed by atoms with Gasteiger partial charge in [-0.2, -0.15) is 0 Å². The highest BCUT2D eigenvalue weighted by Gasteiger charge is 2.41. The molecular weight excluding hydrogens is 430 g/mol. The Morgan fingerprint density at radius 3 is 2.66 bits per heavy atom. The summed E-state index contributed by atoms with van der Waals surface area (Å²) in [6.45, 7) is 0.412. The summed E-state index contributed by atoms with van der Waals surface area (Å²) in [4.78, 5) is 17.1. The molecule has 0 saturated carbocycles. The van der Waals surface area contributed by atoms with Crippen LogP contribution < -0.4 is 9.62 Å². The number of hydrogen-bond acceptors (Lipinski definition) is 6. The molecule has 0 radical (unpaired) electrons. The van der Waals surface area contributed by atoms with Crippen LogP contribution in [-0.2, 0) is 23.1 Å². The second-order valence-electron chi connectivity index (χ2n) is 6.31. The lowest BCUT2D eigenvalue weighted by Crippen LogP contribution is -2.38. The van der Waals surface area contributed by atoms with E-state index in [2.05, 4.69) is 10.3 Å². The molecule has 3 aromatic rings. The van der Waals surface area contributed by atoms with Gasteiger partial charge >= 0.3 is 0 Å². The van der Waals surface area contributed by atoms with E-state index in [1.54, 1.807) is 48.0 Å². The van der Waals surface area contributed by atoms with Crippen molar-refractivity contribution in [3.8, 4) is 0 Å². The van der Waals surface area contributed by atoms with Crippen LogP contribution in [0.25, 0.3) is 0 Å². The minimum Gasteiger partial charge on any atom is -0.384 e. The van der Waals surface area contributed by atoms with Gasteiger partial charge in [0.15, 0.2) is 4.91 Å². The summed E-state index contributed by atoms with van der Waals surface area (Å²) in [5, 5.41) is 5.20. The highest BCUT2D eigenvalue weighted by Crippen LogP contribution is 2.39. The predicted molar refractivity (Wildman–Crippen MR) is 114 cm³/mol. The Hall–Kier alpha value is -2.68. The van der Waals surface area contributed by atoms with Crippen molar-refractivity contribution >= 4 is 44.4 Å². The fraction of sp³-hybridized carbons (Fsp3) is 0.100. The van der Waals surface area contributed by atoms with Crippen LogP contribution in [0.4, 0.5) is 5.69 Å². The summed E-state index contributed by atoms with van der Waals surface area (Å²) < 4.78 is 27.8. The largest absolute Gasteiger partial charge is 0.384 e. The number of pyridine rings is 1. The zero-order valence-electron chi connectivity index (χ0n) is 15.1. The van der Waals surface area contributed by atoms with E-state index in [1.165, 1.54) is 21.8 Å². The topological polar surface area (TPSA) is 79.4 Å². The molecule has 1 aliphatic rings. The van der Waals surface area contributed by atoms with E-state index in [0.29, 0.717) is 22.1 Å². The molecule has 0 unspecified atom stereocenters. The second kappa shape index (κ2) is 7.98. The predicted octanol–water partition coefficient (Wildman–Crippen LogP) is 3.96. The number of anilines is 1. The summed E-state index contributed by atoms with van der Waals surface area (Å²) >= 11 is 7.15. The van der Waals surface area contributed by atoms with Crippen LogP contribution in [0.3, 0.4) is 0 Å². The number of carbonyl (C=O) groups is 1. The number of halogens is 1. The maximum absolute atomic E-state index is 13.3. The van der Waals surface area contributed by atoms with Gasteiger partial charge in [-0.05, 0) is 41.3 Å². The number of aromatic nitrogens is 1. The number of ketones is 1. The minimum atomic E-state index is -4.02. The minimum absolute atomic E-state index is 0.105. The molecule has 0 aliphatic carbocycles. The highest BCUT2D eigenvalue weighted by molar-refractivity contribution is 7.97. The van der Waals surface area contributed by atoms with Crippen molar-refractivity contribution in [2.75, 3.05) is 4.31 Å². The maximum atomic E-state index is 13.3. The maximum Gasteiger partial charge on any atom is 0.270 e. The lowest BCUT2D eigenvalue weighted by molar-refractivity contribution is 0.104. The molecule has 2 aromatic heterocycles. The number of sulfonamides is 1. The average molecular weight is 446 g/mol. The Morgan fingerprint density at radius 1 is 1.14 bits per heavy atom. The van der Waals surface area contributed by atoms with Crippen LogP contribution in [0.15, 0.2) is 71.2 Å². The monoisotopic (exact) mass is 445 g/mol. The molecule has 3 heterocycles. The van der Waals surface area contributed by atoms with Crippen molar-refractivity contribution in [1.82, 2.24) is 10.3 Å². The number of carbonyl (C=O) groups excluding carboxylic acids is 1. The molecule has 29 heavy (non-hydrogen) atoms. The van der Waals surface area contributed by atoms with Gasteiger partial charge in [0.25, 0.3) is 10.0 Å². The number of rotatable bonds is 5. The molecule has 4 rings (SSSR count). The molecular formula is C20H16ClN3O3S2. The third kappa shape index (κ3) is 3.91. The Labute approximate surface area is 177 Å². The first-order chi connectivity index (χ1) is 14.0. The van der Waals surface area contributed by atoms with Gasteiger partial charge in [0.05, 0.1) is 24.5 Å². The molecule has 1 aliphatic heterocycles. The smallest absolute Gasteiger partial charge is 0.270 e. The van der Waals surface area contributed by atoms with E-state index in [4.69, 9.17) is 11.6 Å². The first-order valence-corrected chi connectivity index (χ1v) is 11.4. The van der Waals surface area contributed by atoms with Gasteiger partial charge in [-0.3, -0.25) is 14.1 Å². The third-order valence-corrected chi connectivity index (χ3v) is 7.31. The average Bonchev–Trinajstić information content (AvgIpc) is 3.20. The molecule has 0 spiro atoms. The SMILES string of the molecule is O=C1C(=CNCc2ccccn2)S(=O)(=O)N(Cc2ccc(Cl)cc2)c2ccsc21. The number of nitrogens with one attached hydrogen (secondary N) is 1. The number of fused-ring (bicyclic) bond motifs is 1. The van der Waals surface area contributed by atoms with Crippen LogP contribution in [-0.4, -0.2) is 19.2 Å². The molecule has 6 nitrogen and oxygen atoms in total. The molecule has 9 heteroatoms. The fourth-order valence-electron chi connectivity index (χ4n) is 2.96. The molecule has 0 saturated heterocycles. The van der Waals surface area contributed by atoms with Crippen molar-refractivity contribution in [3.05, 3.63) is 92.4 Å². The van der Waals surface area contributed by atoms with Gasteiger partial charge in [-0.15, -0.1) is 11.3 Å². The molecule has 1 N–H and O–H groups in total. The zero-order chi connectivity index (χ0) is 20.4. The number of allylic oxidation sites excluding steroid dienone is 1. The quantitative estimate of drug-likeness (QED) is 0.601. The highest BCUT2D eigenvalue weighted by atomic mass is 35.5. The van der Waals surface area contributed by atoms with Crippen molar-refractivity contribution in [1.29, 1.82) is 0 Å². The van der Waals surface area contributed by atoms with Crippen molar-refractivity contribution < 1.29 is 13.2 Å².